The average Bonchev–Trinajstić information content (AvgIpc) is 4.16. The topological polar surface area (TPSA) is 160 Å². The van der Waals surface area contributed by atoms with E-state index in [0.29, 0.717) is 19.4 Å². The number of carbonyl (C=O) groups is 4. The Morgan fingerprint density at radius 1 is 0.712 bits per heavy atom. The second kappa shape index (κ2) is 21.7. The molecule has 0 radical (unpaired) electrons. The van der Waals surface area contributed by atoms with Crippen molar-refractivity contribution in [3.63, 3.8) is 0 Å². The Hall–Kier alpha value is -6.37. The lowest BCUT2D eigenvalue weighted by Crippen LogP contribution is -2.43. The van der Waals surface area contributed by atoms with E-state index in [1.165, 1.54) is 0 Å². The minimum absolute atomic E-state index is 0.00730. The molecule has 0 amide bonds. The van der Waals surface area contributed by atoms with Crippen molar-refractivity contribution in [2.75, 3.05) is 39.6 Å². The van der Waals surface area contributed by atoms with Crippen LogP contribution in [0.4, 0.5) is 0 Å². The van der Waals surface area contributed by atoms with Crippen molar-refractivity contribution in [3.8, 4) is 0 Å². The summed E-state index contributed by atoms with van der Waals surface area (Å²) in [6.07, 6.45) is 2.30. The Labute approximate surface area is 385 Å². The lowest BCUT2D eigenvalue weighted by atomic mass is 9.67. The first-order valence-electron chi connectivity index (χ1n) is 22.8. The summed E-state index contributed by atoms with van der Waals surface area (Å²) in [6, 6.07) is 36.2. The lowest BCUT2D eigenvalue weighted by Gasteiger charge is -2.38. The zero-order valence-corrected chi connectivity index (χ0v) is 38.2. The number of oxime groups is 1. The molecule has 66 heavy (non-hydrogen) atoms. The number of epoxide rings is 1. The van der Waals surface area contributed by atoms with E-state index < -0.39 is 53.1 Å². The van der Waals surface area contributed by atoms with Gasteiger partial charge in [0, 0.05) is 17.5 Å². The van der Waals surface area contributed by atoms with E-state index in [-0.39, 0.29) is 58.4 Å². The summed E-state index contributed by atoms with van der Waals surface area (Å²) >= 11 is 0. The van der Waals surface area contributed by atoms with Gasteiger partial charge in [0.2, 0.25) is 0 Å². The molecule has 6 aromatic carbocycles. The van der Waals surface area contributed by atoms with Crippen molar-refractivity contribution < 1.29 is 52.8 Å². The molecule has 1 heterocycles. The first-order valence-corrected chi connectivity index (χ1v) is 22.8. The van der Waals surface area contributed by atoms with Crippen LogP contribution in [0.5, 0.6) is 0 Å². The van der Waals surface area contributed by atoms with Gasteiger partial charge in [-0.05, 0) is 94.8 Å². The average molecular weight is 898 g/mol. The van der Waals surface area contributed by atoms with Crippen LogP contribution in [-0.4, -0.2) is 80.9 Å². The Morgan fingerprint density at radius 2 is 1.24 bits per heavy atom. The highest BCUT2D eigenvalue weighted by Crippen LogP contribution is 2.44. The first kappa shape index (κ1) is 47.6. The first-order chi connectivity index (χ1) is 31.9. The fraction of sp³-hybridized carbons (Fsp3) is 0.389. The Morgan fingerprint density at radius 3 is 1.80 bits per heavy atom. The molecule has 0 aliphatic carbocycles. The van der Waals surface area contributed by atoms with E-state index in [0.717, 1.165) is 54.2 Å². The lowest BCUT2D eigenvalue weighted by molar-refractivity contribution is -0.167. The molecule has 12 heteroatoms. The molecule has 1 fully saturated rings. The molecule has 1 aliphatic rings. The van der Waals surface area contributed by atoms with Gasteiger partial charge >= 0.3 is 23.9 Å². The molecule has 1 aliphatic heterocycles. The van der Waals surface area contributed by atoms with Gasteiger partial charge in [-0.15, -0.1) is 0 Å². The van der Waals surface area contributed by atoms with Crippen molar-refractivity contribution >= 4 is 73.2 Å². The summed E-state index contributed by atoms with van der Waals surface area (Å²) in [5.74, 6) is -4.21. The third-order valence-corrected chi connectivity index (χ3v) is 12.7. The summed E-state index contributed by atoms with van der Waals surface area (Å²) in [7, 11) is 0. The number of esters is 4. The predicted molar refractivity (Wildman–Crippen MR) is 254 cm³/mol. The second-order valence-electron chi connectivity index (χ2n) is 17.8. The number of hydrogen-bond donors (Lipinski definition) is 1. The third kappa shape index (κ3) is 11.5. The maximum absolute atomic E-state index is 14.3. The quantitative estimate of drug-likeness (QED) is 0.0124. The van der Waals surface area contributed by atoms with Gasteiger partial charge in [0.05, 0.1) is 54.8 Å². The number of aliphatic hydroxyl groups excluding tert-OH is 1. The fourth-order valence-electron chi connectivity index (χ4n) is 8.94. The summed E-state index contributed by atoms with van der Waals surface area (Å²) < 4.78 is 28.3. The molecule has 5 atom stereocenters. The van der Waals surface area contributed by atoms with E-state index >= 15 is 0 Å². The Bertz CT molecular complexity index is 2600. The smallest absolute Gasteiger partial charge is 0.312 e. The zero-order chi connectivity index (χ0) is 46.7. The largest absolute Gasteiger partial charge is 0.465 e. The Balaban J connectivity index is 1.03. The van der Waals surface area contributed by atoms with Gasteiger partial charge in [0.1, 0.15) is 19.8 Å². The molecule has 12 nitrogen and oxygen atoms in total. The van der Waals surface area contributed by atoms with Gasteiger partial charge in [-0.2, -0.15) is 0 Å². The number of ether oxygens (including phenoxy) is 5. The molecule has 5 unspecified atom stereocenters. The number of nitrogens with zero attached hydrogens (tertiary/aromatic N) is 1. The molecule has 0 spiro atoms. The van der Waals surface area contributed by atoms with E-state index in [9.17, 15) is 24.3 Å². The van der Waals surface area contributed by atoms with Crippen LogP contribution in [0.15, 0.2) is 114 Å². The van der Waals surface area contributed by atoms with E-state index in [2.05, 4.69) is 17.3 Å². The van der Waals surface area contributed by atoms with Crippen LogP contribution in [0.25, 0.3) is 43.1 Å². The monoisotopic (exact) mass is 897 g/mol. The molecule has 6 aromatic rings. The maximum atomic E-state index is 14.3. The highest BCUT2D eigenvalue weighted by atomic mass is 16.6. The zero-order valence-electron chi connectivity index (χ0n) is 38.2. The summed E-state index contributed by atoms with van der Waals surface area (Å²) in [4.78, 5) is 61.3. The summed E-state index contributed by atoms with van der Waals surface area (Å²) in [5.41, 5.74) is -0.830. The van der Waals surface area contributed by atoms with Crippen LogP contribution < -0.4 is 0 Å². The number of hydrogen-bond acceptors (Lipinski definition) is 12. The van der Waals surface area contributed by atoms with Crippen LogP contribution in [0, 0.1) is 22.7 Å². The maximum Gasteiger partial charge on any atom is 0.312 e. The van der Waals surface area contributed by atoms with Crippen molar-refractivity contribution in [2.45, 2.75) is 72.5 Å². The SMILES string of the molecule is CCC(C)(CC(C)(CC(CC(C)C(=O)OCCON=Cc1c2ccccc2cc2ccccc12)C(=O)OCCO)C(=O)OCCC1CO1)C(=O)OCc1c2ccccc2cc2ccccc12. The number of fused-ring (bicyclic) bond motifs is 4. The standard InChI is InChI=1S/C54H59NO11/c1-5-53(3,51(59)65-34-48-45-20-12-8-16-39(45)30-40-17-9-13-21-46(40)48)35-54(4,52(60)63-24-22-42-33-64-42)31-41(50(58)61-25-23-56)28-36(2)49(57)62-26-27-66-55-32-47-43-18-10-6-14-37(43)29-38-15-7-11-19-44(38)47/h6-21,29-30,32,36,41-42,56H,5,22-28,31,33-35H2,1-4H3. The number of rotatable bonds is 23. The normalized spacial score (nSPS) is 16.3. The van der Waals surface area contributed by atoms with Crippen LogP contribution in [-0.2, 0) is 54.3 Å². The minimum Gasteiger partial charge on any atom is -0.465 e. The molecule has 0 aromatic heterocycles. The molecule has 1 saturated heterocycles. The van der Waals surface area contributed by atoms with Gasteiger partial charge in [-0.1, -0.05) is 116 Å². The highest BCUT2D eigenvalue weighted by Gasteiger charge is 2.48. The molecule has 346 valence electrons. The molecular weight excluding hydrogens is 839 g/mol. The van der Waals surface area contributed by atoms with Crippen molar-refractivity contribution in [1.29, 1.82) is 0 Å². The summed E-state index contributed by atoms with van der Waals surface area (Å²) in [5, 5.41) is 21.9. The van der Waals surface area contributed by atoms with Gasteiger partial charge in [-0.3, -0.25) is 19.2 Å². The minimum atomic E-state index is -1.42. The molecule has 0 bridgehead atoms. The van der Waals surface area contributed by atoms with Crippen LogP contribution in [0.3, 0.4) is 0 Å². The molecule has 0 saturated carbocycles. The van der Waals surface area contributed by atoms with E-state index in [1.807, 2.05) is 104 Å². The molecular formula is C54H59NO11. The van der Waals surface area contributed by atoms with Crippen molar-refractivity contribution in [3.05, 3.63) is 120 Å². The fourth-order valence-corrected chi connectivity index (χ4v) is 8.94. The third-order valence-electron chi connectivity index (χ3n) is 12.7. The van der Waals surface area contributed by atoms with Crippen molar-refractivity contribution in [1.82, 2.24) is 0 Å². The number of carbonyl (C=O) groups excluding carboxylic acids is 4. The second-order valence-corrected chi connectivity index (χ2v) is 17.8. The van der Waals surface area contributed by atoms with Gasteiger partial charge < -0.3 is 33.6 Å². The molecule has 1 N–H and O–H groups in total. The number of benzene rings is 6. The predicted octanol–water partition coefficient (Wildman–Crippen LogP) is 9.65. The van der Waals surface area contributed by atoms with Gasteiger partial charge in [-0.25, -0.2) is 0 Å². The number of aliphatic hydroxyl groups is 1. The summed E-state index contributed by atoms with van der Waals surface area (Å²) in [6.45, 7) is 6.82. The van der Waals surface area contributed by atoms with Gasteiger partial charge in [0.15, 0.2) is 6.61 Å². The van der Waals surface area contributed by atoms with Crippen LogP contribution in [0.1, 0.15) is 70.9 Å². The Kier molecular flexibility index (Phi) is 15.7. The van der Waals surface area contributed by atoms with Gasteiger partial charge in [0.25, 0.3) is 0 Å². The highest BCUT2D eigenvalue weighted by molar-refractivity contribution is 6.13. The van der Waals surface area contributed by atoms with Crippen LogP contribution >= 0.6 is 0 Å². The van der Waals surface area contributed by atoms with E-state index in [4.69, 9.17) is 28.5 Å². The van der Waals surface area contributed by atoms with Crippen LogP contribution in [0.2, 0.25) is 0 Å². The van der Waals surface area contributed by atoms with E-state index in [1.54, 1.807) is 27.0 Å². The van der Waals surface area contributed by atoms with Crippen molar-refractivity contribution in [2.24, 2.45) is 27.8 Å². The molecule has 7 rings (SSSR count).